The standard InChI is InChI=1S/C18H15F2NO3/c1-18(2)12-7-6-10(16(22)23)8-15(12)21(17(18)24)9-11-13(19)4-3-5-14(11)20/h3-8H,9H2,1-2H3,(H,22,23). The summed E-state index contributed by atoms with van der Waals surface area (Å²) >= 11 is 0. The highest BCUT2D eigenvalue weighted by atomic mass is 19.1. The number of carbonyl (C=O) groups is 2. The van der Waals surface area contributed by atoms with Crippen LogP contribution in [0.25, 0.3) is 0 Å². The van der Waals surface area contributed by atoms with E-state index in [9.17, 15) is 18.4 Å². The van der Waals surface area contributed by atoms with Crippen LogP contribution in [0.2, 0.25) is 0 Å². The van der Waals surface area contributed by atoms with Crippen molar-refractivity contribution >= 4 is 17.6 Å². The van der Waals surface area contributed by atoms with Crippen LogP contribution in [0.5, 0.6) is 0 Å². The summed E-state index contributed by atoms with van der Waals surface area (Å²) in [5.41, 5.74) is -0.107. The van der Waals surface area contributed by atoms with Crippen LogP contribution in [0.15, 0.2) is 36.4 Å². The number of benzene rings is 2. The Labute approximate surface area is 137 Å². The van der Waals surface area contributed by atoms with Crippen molar-refractivity contribution in [2.24, 2.45) is 0 Å². The van der Waals surface area contributed by atoms with Crippen molar-refractivity contribution in [3.05, 3.63) is 64.7 Å². The van der Waals surface area contributed by atoms with Gasteiger partial charge in [0.15, 0.2) is 0 Å². The lowest BCUT2D eigenvalue weighted by Gasteiger charge is -2.21. The van der Waals surface area contributed by atoms with Gasteiger partial charge >= 0.3 is 5.97 Å². The molecule has 3 rings (SSSR count). The van der Waals surface area contributed by atoms with E-state index < -0.39 is 23.0 Å². The summed E-state index contributed by atoms with van der Waals surface area (Å²) in [5.74, 6) is -2.96. The van der Waals surface area contributed by atoms with Gasteiger partial charge in [0, 0.05) is 11.3 Å². The van der Waals surface area contributed by atoms with Gasteiger partial charge in [-0.2, -0.15) is 0 Å². The summed E-state index contributed by atoms with van der Waals surface area (Å²) in [7, 11) is 0. The third-order valence-electron chi connectivity index (χ3n) is 4.37. The molecule has 1 aliphatic rings. The van der Waals surface area contributed by atoms with E-state index in [1.807, 2.05) is 0 Å². The monoisotopic (exact) mass is 331 g/mol. The average Bonchev–Trinajstić information content (AvgIpc) is 2.71. The molecule has 0 aliphatic carbocycles. The number of nitrogens with zero attached hydrogens (tertiary/aromatic N) is 1. The molecule has 1 heterocycles. The number of hydrogen-bond donors (Lipinski definition) is 1. The summed E-state index contributed by atoms with van der Waals surface area (Å²) in [6.45, 7) is 3.11. The summed E-state index contributed by atoms with van der Waals surface area (Å²) in [5, 5.41) is 9.15. The maximum atomic E-state index is 13.9. The number of carboxylic acid groups (broad SMARTS) is 1. The van der Waals surface area contributed by atoms with Gasteiger partial charge in [0.1, 0.15) is 11.6 Å². The van der Waals surface area contributed by atoms with E-state index in [4.69, 9.17) is 5.11 Å². The van der Waals surface area contributed by atoms with Crippen LogP contribution in [-0.4, -0.2) is 17.0 Å². The number of fused-ring (bicyclic) bond motifs is 1. The van der Waals surface area contributed by atoms with Gasteiger partial charge in [-0.3, -0.25) is 4.79 Å². The molecule has 0 unspecified atom stereocenters. The first-order valence-electron chi connectivity index (χ1n) is 7.36. The van der Waals surface area contributed by atoms with Gasteiger partial charge in [0.2, 0.25) is 5.91 Å². The summed E-state index contributed by atoms with van der Waals surface area (Å²) < 4.78 is 27.9. The van der Waals surface area contributed by atoms with E-state index in [1.54, 1.807) is 19.9 Å². The van der Waals surface area contributed by atoms with Crippen molar-refractivity contribution in [1.82, 2.24) is 0 Å². The number of amides is 1. The van der Waals surface area contributed by atoms with Gasteiger partial charge in [-0.05, 0) is 43.7 Å². The van der Waals surface area contributed by atoms with Crippen LogP contribution in [0.1, 0.15) is 35.3 Å². The second kappa shape index (κ2) is 5.40. The molecular formula is C18H15F2NO3. The zero-order chi connectivity index (χ0) is 17.6. The van der Waals surface area contributed by atoms with E-state index in [1.165, 1.54) is 23.1 Å². The first kappa shape index (κ1) is 16.1. The highest BCUT2D eigenvalue weighted by Crippen LogP contribution is 2.43. The second-order valence-electron chi connectivity index (χ2n) is 6.25. The molecule has 1 amide bonds. The first-order valence-corrected chi connectivity index (χ1v) is 7.36. The molecule has 24 heavy (non-hydrogen) atoms. The van der Waals surface area contributed by atoms with Gasteiger partial charge in [-0.25, -0.2) is 13.6 Å². The number of rotatable bonds is 3. The van der Waals surface area contributed by atoms with Crippen LogP contribution >= 0.6 is 0 Å². The molecule has 2 aromatic rings. The smallest absolute Gasteiger partial charge is 0.335 e. The number of anilines is 1. The number of aromatic carboxylic acids is 1. The van der Waals surface area contributed by atoms with Crippen LogP contribution in [0, 0.1) is 11.6 Å². The minimum Gasteiger partial charge on any atom is -0.478 e. The van der Waals surface area contributed by atoms with Crippen molar-refractivity contribution in [1.29, 1.82) is 0 Å². The van der Waals surface area contributed by atoms with Gasteiger partial charge < -0.3 is 10.0 Å². The lowest BCUT2D eigenvalue weighted by molar-refractivity contribution is -0.122. The van der Waals surface area contributed by atoms with Crippen molar-refractivity contribution in [2.75, 3.05) is 4.90 Å². The Morgan fingerprint density at radius 1 is 1.17 bits per heavy atom. The molecule has 4 nitrogen and oxygen atoms in total. The largest absolute Gasteiger partial charge is 0.478 e. The fourth-order valence-electron chi connectivity index (χ4n) is 2.98. The summed E-state index contributed by atoms with van der Waals surface area (Å²) in [6, 6.07) is 7.86. The van der Waals surface area contributed by atoms with Crippen LogP contribution in [0.4, 0.5) is 14.5 Å². The quantitative estimate of drug-likeness (QED) is 0.937. The maximum Gasteiger partial charge on any atom is 0.335 e. The van der Waals surface area contributed by atoms with Crippen molar-refractivity contribution in [2.45, 2.75) is 25.8 Å². The highest BCUT2D eigenvalue weighted by Gasteiger charge is 2.44. The molecule has 0 saturated heterocycles. The number of carboxylic acids is 1. The Kier molecular flexibility index (Phi) is 3.63. The van der Waals surface area contributed by atoms with E-state index in [2.05, 4.69) is 0 Å². The molecule has 0 bridgehead atoms. The zero-order valence-corrected chi connectivity index (χ0v) is 13.1. The summed E-state index contributed by atoms with van der Waals surface area (Å²) in [4.78, 5) is 25.2. The molecule has 6 heteroatoms. The molecule has 1 N–H and O–H groups in total. The second-order valence-corrected chi connectivity index (χ2v) is 6.25. The van der Waals surface area contributed by atoms with Crippen molar-refractivity contribution in [3.63, 3.8) is 0 Å². The Bertz CT molecular complexity index is 841. The Morgan fingerprint density at radius 3 is 2.38 bits per heavy atom. The predicted octanol–water partition coefficient (Wildman–Crippen LogP) is 3.49. The molecule has 0 fully saturated rings. The molecular weight excluding hydrogens is 316 g/mol. The van der Waals surface area contributed by atoms with Gasteiger partial charge in [-0.15, -0.1) is 0 Å². The molecule has 124 valence electrons. The number of hydrogen-bond acceptors (Lipinski definition) is 2. The fourth-order valence-corrected chi connectivity index (χ4v) is 2.98. The minimum absolute atomic E-state index is 0.0123. The average molecular weight is 331 g/mol. The molecule has 0 saturated carbocycles. The fraction of sp³-hybridized carbons (Fsp3) is 0.222. The van der Waals surface area contributed by atoms with Crippen LogP contribution in [-0.2, 0) is 16.8 Å². The van der Waals surface area contributed by atoms with Crippen LogP contribution < -0.4 is 4.90 Å². The molecule has 0 spiro atoms. The highest BCUT2D eigenvalue weighted by molar-refractivity contribution is 6.08. The lowest BCUT2D eigenvalue weighted by atomic mass is 9.86. The third kappa shape index (κ3) is 2.35. The van der Waals surface area contributed by atoms with Crippen molar-refractivity contribution in [3.8, 4) is 0 Å². The molecule has 0 atom stereocenters. The Hall–Kier alpha value is -2.76. The molecule has 0 aromatic heterocycles. The van der Waals surface area contributed by atoms with E-state index in [-0.39, 0.29) is 23.6 Å². The first-order chi connectivity index (χ1) is 11.2. The summed E-state index contributed by atoms with van der Waals surface area (Å²) in [6.07, 6.45) is 0. The molecule has 0 radical (unpaired) electrons. The van der Waals surface area contributed by atoms with Crippen LogP contribution in [0.3, 0.4) is 0 Å². The Balaban J connectivity index is 2.11. The van der Waals surface area contributed by atoms with Gasteiger partial charge in [0.05, 0.1) is 17.5 Å². The molecule has 1 aliphatic heterocycles. The van der Waals surface area contributed by atoms with Crippen molar-refractivity contribution < 1.29 is 23.5 Å². The Morgan fingerprint density at radius 2 is 1.79 bits per heavy atom. The third-order valence-corrected chi connectivity index (χ3v) is 4.37. The van der Waals surface area contributed by atoms with Gasteiger partial charge in [0.25, 0.3) is 0 Å². The van der Waals surface area contributed by atoms with E-state index in [0.29, 0.717) is 11.3 Å². The topological polar surface area (TPSA) is 57.6 Å². The number of carbonyl (C=O) groups excluding carboxylic acids is 1. The van der Waals surface area contributed by atoms with Gasteiger partial charge in [-0.1, -0.05) is 12.1 Å². The minimum atomic E-state index is -1.13. The lowest BCUT2D eigenvalue weighted by Crippen LogP contribution is -2.36. The van der Waals surface area contributed by atoms with E-state index in [0.717, 1.165) is 12.1 Å². The maximum absolute atomic E-state index is 13.9. The number of halogens is 2. The zero-order valence-electron chi connectivity index (χ0n) is 13.1. The van der Waals surface area contributed by atoms with E-state index >= 15 is 0 Å². The SMILES string of the molecule is CC1(C)C(=O)N(Cc2c(F)cccc2F)c2cc(C(=O)O)ccc21. The normalized spacial score (nSPS) is 15.5. The predicted molar refractivity (Wildman–Crippen MR) is 84.0 cm³/mol. The molecule has 2 aromatic carbocycles.